The molecule has 0 fully saturated rings. The van der Waals surface area contributed by atoms with Crippen molar-refractivity contribution in [3.05, 3.63) is 83.9 Å². The number of nitrogens with one attached hydrogen (secondary N) is 2. The summed E-state index contributed by atoms with van der Waals surface area (Å²) in [4.78, 5) is 32.3. The van der Waals surface area contributed by atoms with E-state index in [-0.39, 0.29) is 5.91 Å². The van der Waals surface area contributed by atoms with Crippen molar-refractivity contribution in [2.24, 2.45) is 0 Å². The lowest BCUT2D eigenvalue weighted by Crippen LogP contribution is -2.13. The normalized spacial score (nSPS) is 10.1. The van der Waals surface area contributed by atoms with Crippen molar-refractivity contribution < 1.29 is 14.3 Å². The number of rotatable bonds is 6. The predicted molar refractivity (Wildman–Crippen MR) is 102 cm³/mol. The number of methoxy groups -OCH3 is 1. The van der Waals surface area contributed by atoms with Gasteiger partial charge in [0.1, 0.15) is 0 Å². The van der Waals surface area contributed by atoms with Gasteiger partial charge in [-0.2, -0.15) is 0 Å². The van der Waals surface area contributed by atoms with E-state index in [1.807, 2.05) is 12.1 Å². The number of hydrogen-bond acceptors (Lipinski definition) is 6. The molecule has 27 heavy (non-hydrogen) atoms. The van der Waals surface area contributed by atoms with Crippen LogP contribution in [0.2, 0.25) is 0 Å². The second kappa shape index (κ2) is 8.57. The fraction of sp³-hybridized carbons (Fsp3) is 0.100. The summed E-state index contributed by atoms with van der Waals surface area (Å²) in [5.41, 5.74) is 2.99. The summed E-state index contributed by atoms with van der Waals surface area (Å²) in [6.07, 6.45) is 6.61. The van der Waals surface area contributed by atoms with Crippen molar-refractivity contribution in [2.75, 3.05) is 17.7 Å². The summed E-state index contributed by atoms with van der Waals surface area (Å²) in [5.74, 6) is -0.788. The van der Waals surface area contributed by atoms with Crippen LogP contribution in [0.4, 0.5) is 11.4 Å². The number of carbonyl (C=O) groups is 2. The summed E-state index contributed by atoms with van der Waals surface area (Å²) >= 11 is 0. The van der Waals surface area contributed by atoms with Gasteiger partial charge in [-0.05, 0) is 35.9 Å². The molecule has 0 aliphatic carbocycles. The summed E-state index contributed by atoms with van der Waals surface area (Å²) in [6.45, 7) is 0.571. The molecule has 0 atom stereocenters. The van der Waals surface area contributed by atoms with E-state index in [4.69, 9.17) is 0 Å². The number of hydrogen-bond donors (Lipinski definition) is 2. The molecule has 2 N–H and O–H groups in total. The van der Waals surface area contributed by atoms with Crippen LogP contribution in [0.3, 0.4) is 0 Å². The molecule has 7 nitrogen and oxygen atoms in total. The van der Waals surface area contributed by atoms with Gasteiger partial charge in [-0.3, -0.25) is 14.8 Å². The molecule has 3 rings (SSSR count). The molecule has 2 aromatic heterocycles. The number of amides is 1. The van der Waals surface area contributed by atoms with E-state index < -0.39 is 5.97 Å². The van der Waals surface area contributed by atoms with E-state index in [9.17, 15) is 9.59 Å². The third-order valence-corrected chi connectivity index (χ3v) is 3.76. The molecule has 0 unspecified atom stereocenters. The zero-order valence-corrected chi connectivity index (χ0v) is 14.7. The van der Waals surface area contributed by atoms with Crippen LogP contribution in [0.1, 0.15) is 26.3 Å². The zero-order chi connectivity index (χ0) is 19.1. The van der Waals surface area contributed by atoms with Crippen LogP contribution in [0, 0.1) is 0 Å². The molecule has 0 saturated heterocycles. The van der Waals surface area contributed by atoms with Crippen molar-refractivity contribution in [1.29, 1.82) is 0 Å². The van der Waals surface area contributed by atoms with Gasteiger partial charge in [-0.25, -0.2) is 4.79 Å². The van der Waals surface area contributed by atoms with Gasteiger partial charge >= 0.3 is 5.97 Å². The van der Waals surface area contributed by atoms with Gasteiger partial charge in [0.15, 0.2) is 0 Å². The van der Waals surface area contributed by atoms with E-state index in [1.54, 1.807) is 48.9 Å². The van der Waals surface area contributed by atoms with Gasteiger partial charge in [-0.1, -0.05) is 12.1 Å². The van der Waals surface area contributed by atoms with Crippen LogP contribution in [0.5, 0.6) is 0 Å². The third kappa shape index (κ3) is 4.88. The smallest absolute Gasteiger partial charge is 0.337 e. The number of pyridine rings is 2. The summed E-state index contributed by atoms with van der Waals surface area (Å²) in [7, 11) is 1.31. The van der Waals surface area contributed by atoms with Gasteiger partial charge in [0.05, 0.1) is 23.9 Å². The minimum atomic E-state index is -0.464. The maximum Gasteiger partial charge on any atom is 0.337 e. The van der Waals surface area contributed by atoms with Gasteiger partial charge in [0.2, 0.25) is 0 Å². The van der Waals surface area contributed by atoms with Gasteiger partial charge < -0.3 is 15.4 Å². The van der Waals surface area contributed by atoms with Crippen LogP contribution < -0.4 is 10.6 Å². The van der Waals surface area contributed by atoms with Crippen LogP contribution >= 0.6 is 0 Å². The molecule has 2 heterocycles. The molecule has 0 bridgehead atoms. The highest BCUT2D eigenvalue weighted by Crippen LogP contribution is 2.15. The number of ether oxygens (including phenoxy) is 1. The summed E-state index contributed by atoms with van der Waals surface area (Å²) in [6, 6.07) is 12.1. The Kier molecular flexibility index (Phi) is 5.73. The Morgan fingerprint density at radius 3 is 2.59 bits per heavy atom. The van der Waals surface area contributed by atoms with Crippen LogP contribution in [-0.2, 0) is 11.3 Å². The highest BCUT2D eigenvalue weighted by Gasteiger charge is 2.10. The zero-order valence-electron chi connectivity index (χ0n) is 14.7. The Morgan fingerprint density at radius 2 is 1.81 bits per heavy atom. The van der Waals surface area contributed by atoms with E-state index in [0.29, 0.717) is 23.4 Å². The van der Waals surface area contributed by atoms with E-state index in [2.05, 4.69) is 25.3 Å². The maximum absolute atomic E-state index is 12.5. The number of aromatic nitrogens is 2. The highest BCUT2D eigenvalue weighted by atomic mass is 16.5. The minimum Gasteiger partial charge on any atom is -0.465 e. The predicted octanol–water partition coefficient (Wildman–Crippen LogP) is 3.13. The minimum absolute atomic E-state index is 0.324. The first-order chi connectivity index (χ1) is 13.2. The second-order valence-corrected chi connectivity index (χ2v) is 5.70. The van der Waals surface area contributed by atoms with Gasteiger partial charge in [0, 0.05) is 37.0 Å². The van der Waals surface area contributed by atoms with Crippen molar-refractivity contribution >= 4 is 23.3 Å². The number of benzene rings is 1. The first-order valence-corrected chi connectivity index (χ1v) is 8.23. The highest BCUT2D eigenvalue weighted by molar-refractivity contribution is 6.05. The van der Waals surface area contributed by atoms with Gasteiger partial charge in [0.25, 0.3) is 5.91 Å². The van der Waals surface area contributed by atoms with Crippen molar-refractivity contribution in [3.8, 4) is 0 Å². The number of esters is 1. The number of nitrogens with zero attached hydrogens (tertiary/aromatic N) is 2. The molecule has 0 aliphatic rings. The average Bonchev–Trinajstić information content (AvgIpc) is 2.73. The Bertz CT molecular complexity index is 945. The van der Waals surface area contributed by atoms with E-state index in [0.717, 1.165) is 11.3 Å². The monoisotopic (exact) mass is 362 g/mol. The lowest BCUT2D eigenvalue weighted by molar-refractivity contribution is 0.0600. The molecule has 1 aromatic carbocycles. The molecule has 0 saturated carbocycles. The van der Waals surface area contributed by atoms with Crippen LogP contribution in [-0.4, -0.2) is 29.0 Å². The van der Waals surface area contributed by atoms with Crippen molar-refractivity contribution in [1.82, 2.24) is 9.97 Å². The first-order valence-electron chi connectivity index (χ1n) is 8.23. The van der Waals surface area contributed by atoms with Crippen LogP contribution in [0.25, 0.3) is 0 Å². The molecular weight excluding hydrogens is 344 g/mol. The fourth-order valence-electron chi connectivity index (χ4n) is 2.41. The van der Waals surface area contributed by atoms with E-state index in [1.165, 1.54) is 13.3 Å². The van der Waals surface area contributed by atoms with E-state index >= 15 is 0 Å². The average molecular weight is 362 g/mol. The SMILES string of the molecule is COC(=O)c1cccc(NC(=O)c2cncc(NCc3cccnc3)c2)c1. The Balaban J connectivity index is 1.67. The molecule has 0 radical (unpaired) electrons. The standard InChI is InChI=1S/C20H18N4O3/c1-27-20(26)15-5-2-6-17(8-15)24-19(25)16-9-18(13-22-12-16)23-11-14-4-3-7-21-10-14/h2-10,12-13,23H,11H2,1H3,(H,24,25). The third-order valence-electron chi connectivity index (χ3n) is 3.76. The van der Waals surface area contributed by atoms with Crippen molar-refractivity contribution in [3.63, 3.8) is 0 Å². The fourth-order valence-corrected chi connectivity index (χ4v) is 2.41. The lowest BCUT2D eigenvalue weighted by atomic mass is 10.2. The Hall–Kier alpha value is -3.74. The first kappa shape index (κ1) is 18.1. The molecule has 7 heteroatoms. The summed E-state index contributed by atoms with van der Waals surface area (Å²) in [5, 5.41) is 5.96. The quantitative estimate of drug-likeness (QED) is 0.655. The maximum atomic E-state index is 12.5. The molecule has 0 aliphatic heterocycles. The van der Waals surface area contributed by atoms with Gasteiger partial charge in [-0.15, -0.1) is 0 Å². The molecule has 0 spiro atoms. The Morgan fingerprint density at radius 1 is 0.963 bits per heavy atom. The summed E-state index contributed by atoms with van der Waals surface area (Å²) < 4.78 is 4.69. The lowest BCUT2D eigenvalue weighted by Gasteiger charge is -2.09. The molecule has 136 valence electrons. The second-order valence-electron chi connectivity index (χ2n) is 5.70. The Labute approximate surface area is 156 Å². The number of carbonyl (C=O) groups excluding carboxylic acids is 2. The molecule has 3 aromatic rings. The largest absolute Gasteiger partial charge is 0.465 e. The molecular formula is C20H18N4O3. The van der Waals surface area contributed by atoms with Crippen molar-refractivity contribution in [2.45, 2.75) is 6.54 Å². The van der Waals surface area contributed by atoms with Crippen LogP contribution in [0.15, 0.2) is 67.3 Å². The topological polar surface area (TPSA) is 93.2 Å². The molecule has 1 amide bonds. The number of anilines is 2.